The molecular weight excluding hydrogens is 486 g/mol. The van der Waals surface area contributed by atoms with Gasteiger partial charge in [0.1, 0.15) is 5.39 Å². The van der Waals surface area contributed by atoms with Crippen LogP contribution in [-0.2, 0) is 18.4 Å². The number of aliphatic hydroxyl groups excluding tert-OH is 1. The first-order chi connectivity index (χ1) is 18.4. The van der Waals surface area contributed by atoms with E-state index in [0.29, 0.717) is 22.7 Å². The molecule has 1 fully saturated rings. The third-order valence-corrected chi connectivity index (χ3v) is 6.78. The van der Waals surface area contributed by atoms with Crippen LogP contribution in [0.25, 0.3) is 16.7 Å². The summed E-state index contributed by atoms with van der Waals surface area (Å²) < 4.78 is 8.16. The number of hydrogen-bond acceptors (Lipinski definition) is 9. The Bertz CT molecular complexity index is 1540. The lowest BCUT2D eigenvalue weighted by atomic mass is 10.1. The van der Waals surface area contributed by atoms with E-state index in [1.54, 1.807) is 42.9 Å². The van der Waals surface area contributed by atoms with E-state index in [2.05, 4.69) is 32.1 Å². The first kappa shape index (κ1) is 25.4. The van der Waals surface area contributed by atoms with E-state index in [4.69, 9.17) is 4.74 Å². The van der Waals surface area contributed by atoms with Crippen molar-refractivity contribution in [1.29, 1.82) is 0 Å². The fourth-order valence-electron chi connectivity index (χ4n) is 4.76. The highest BCUT2D eigenvalue weighted by Gasteiger charge is 2.21. The van der Waals surface area contributed by atoms with Crippen molar-refractivity contribution in [3.63, 3.8) is 0 Å². The van der Waals surface area contributed by atoms with Gasteiger partial charge in [-0.2, -0.15) is 4.98 Å². The summed E-state index contributed by atoms with van der Waals surface area (Å²) >= 11 is 0. The van der Waals surface area contributed by atoms with Gasteiger partial charge in [0.2, 0.25) is 5.95 Å². The first-order valence-electron chi connectivity index (χ1n) is 12.6. The average molecular weight is 518 g/mol. The summed E-state index contributed by atoms with van der Waals surface area (Å²) in [5, 5.41) is 13.5. The third-order valence-electron chi connectivity index (χ3n) is 6.78. The van der Waals surface area contributed by atoms with Crippen LogP contribution < -0.4 is 15.8 Å². The van der Waals surface area contributed by atoms with Crippen LogP contribution in [0.1, 0.15) is 22.8 Å². The zero-order valence-electron chi connectivity index (χ0n) is 21.7. The lowest BCUT2D eigenvalue weighted by Gasteiger charge is -2.35. The molecule has 5 rings (SSSR count). The number of likely N-dealkylation sites (N-methyl/N-ethyl adjacent to an activating group) is 1. The average Bonchev–Trinajstić information content (AvgIpc) is 3.18. The number of carbonyl (C=O) groups excluding carboxylic acids is 1. The summed E-state index contributed by atoms with van der Waals surface area (Å²) in [5.41, 5.74) is 3.30. The van der Waals surface area contributed by atoms with Crippen LogP contribution in [0.2, 0.25) is 0 Å². The van der Waals surface area contributed by atoms with Crippen LogP contribution >= 0.6 is 0 Å². The van der Waals surface area contributed by atoms with Gasteiger partial charge in [0.05, 0.1) is 24.5 Å². The minimum Gasteiger partial charge on any atom is -0.462 e. The van der Waals surface area contributed by atoms with Crippen molar-refractivity contribution >= 4 is 34.3 Å². The Morgan fingerprint density at radius 1 is 1.08 bits per heavy atom. The molecule has 1 saturated heterocycles. The van der Waals surface area contributed by atoms with Gasteiger partial charge >= 0.3 is 5.97 Å². The lowest BCUT2D eigenvalue weighted by Crippen LogP contribution is -2.44. The van der Waals surface area contributed by atoms with Gasteiger partial charge in [0.25, 0.3) is 5.56 Å². The number of nitrogens with one attached hydrogen (secondary N) is 1. The second-order valence-corrected chi connectivity index (χ2v) is 9.23. The van der Waals surface area contributed by atoms with E-state index in [0.717, 1.165) is 43.1 Å². The van der Waals surface area contributed by atoms with Crippen molar-refractivity contribution in [1.82, 2.24) is 24.2 Å². The van der Waals surface area contributed by atoms with Gasteiger partial charge < -0.3 is 25.0 Å². The number of fused-ring (bicyclic) bond motifs is 1. The molecular formula is C27H31N7O4. The Labute approximate surface area is 219 Å². The van der Waals surface area contributed by atoms with E-state index in [1.165, 1.54) is 10.9 Å². The molecule has 0 amide bonds. The number of piperazine rings is 1. The number of aromatic nitrogens is 4. The number of esters is 1. The summed E-state index contributed by atoms with van der Waals surface area (Å²) in [5.74, 6) is -0.200. The number of rotatable bonds is 7. The predicted octanol–water partition coefficient (Wildman–Crippen LogP) is 2.28. The van der Waals surface area contributed by atoms with Crippen LogP contribution in [0.5, 0.6) is 0 Å². The maximum Gasteiger partial charge on any atom is 0.340 e. The fraction of sp³-hybridized carbons (Fsp3) is 0.333. The van der Waals surface area contributed by atoms with Gasteiger partial charge in [-0.15, -0.1) is 0 Å². The Hall–Kier alpha value is -4.22. The van der Waals surface area contributed by atoms with Crippen LogP contribution in [0, 0.1) is 0 Å². The normalized spacial score (nSPS) is 14.2. The van der Waals surface area contributed by atoms with Crippen molar-refractivity contribution in [3.8, 4) is 5.69 Å². The number of benzene rings is 2. The number of aliphatic hydroxyl groups is 1. The monoisotopic (exact) mass is 517 g/mol. The van der Waals surface area contributed by atoms with E-state index in [-0.39, 0.29) is 24.3 Å². The zero-order chi connectivity index (χ0) is 26.8. The maximum absolute atomic E-state index is 13.3. The van der Waals surface area contributed by atoms with Crippen molar-refractivity contribution in [2.45, 2.75) is 13.5 Å². The van der Waals surface area contributed by atoms with Crippen LogP contribution in [0.3, 0.4) is 0 Å². The Balaban J connectivity index is 1.47. The molecule has 198 valence electrons. The molecule has 11 heteroatoms. The van der Waals surface area contributed by atoms with Crippen molar-refractivity contribution in [2.75, 3.05) is 50.1 Å². The van der Waals surface area contributed by atoms with Gasteiger partial charge in [-0.1, -0.05) is 12.1 Å². The van der Waals surface area contributed by atoms with Crippen molar-refractivity contribution in [3.05, 3.63) is 70.1 Å². The molecule has 2 N–H and O–H groups in total. The predicted molar refractivity (Wildman–Crippen MR) is 145 cm³/mol. The number of anilines is 3. The van der Waals surface area contributed by atoms with Crippen LogP contribution in [0.4, 0.5) is 17.3 Å². The molecule has 11 nitrogen and oxygen atoms in total. The van der Waals surface area contributed by atoms with E-state index < -0.39 is 5.97 Å². The lowest BCUT2D eigenvalue weighted by molar-refractivity contribution is 0.0526. The Morgan fingerprint density at radius 2 is 1.84 bits per heavy atom. The first-order valence-corrected chi connectivity index (χ1v) is 12.6. The molecule has 0 aliphatic carbocycles. The van der Waals surface area contributed by atoms with Gasteiger partial charge in [-0.05, 0) is 44.3 Å². The Morgan fingerprint density at radius 3 is 2.58 bits per heavy atom. The SMILES string of the molecule is CCOC(=O)c1ccccc1-n1c(=O)c2cnc(Nc3ccc(N4CCN(C)CC4)c(CO)c3)nc2n1C. The molecule has 0 atom stereocenters. The number of para-hydroxylation sites is 1. The summed E-state index contributed by atoms with van der Waals surface area (Å²) in [6.07, 6.45) is 1.47. The molecule has 2 aromatic carbocycles. The van der Waals surface area contributed by atoms with Gasteiger partial charge in [0.15, 0.2) is 5.65 Å². The summed E-state index contributed by atoms with van der Waals surface area (Å²) in [4.78, 5) is 39.3. The van der Waals surface area contributed by atoms with Gasteiger partial charge in [-0.25, -0.2) is 14.5 Å². The van der Waals surface area contributed by atoms with Crippen LogP contribution in [-0.4, -0.2) is 75.1 Å². The van der Waals surface area contributed by atoms with Crippen LogP contribution in [0.15, 0.2) is 53.5 Å². The quantitative estimate of drug-likeness (QED) is 0.356. The maximum atomic E-state index is 13.3. The molecule has 0 unspecified atom stereocenters. The molecule has 1 aliphatic rings. The molecule has 0 saturated carbocycles. The molecule has 4 aromatic rings. The number of ether oxygens (including phenoxy) is 1. The number of hydrogen-bond donors (Lipinski definition) is 2. The summed E-state index contributed by atoms with van der Waals surface area (Å²) in [7, 11) is 3.81. The van der Waals surface area contributed by atoms with E-state index >= 15 is 0 Å². The third kappa shape index (κ3) is 4.73. The minimum absolute atomic E-state index is 0.0890. The molecule has 3 heterocycles. The highest BCUT2D eigenvalue weighted by atomic mass is 16.5. The fourth-order valence-corrected chi connectivity index (χ4v) is 4.76. The Kier molecular flexibility index (Phi) is 7.12. The van der Waals surface area contributed by atoms with E-state index in [9.17, 15) is 14.7 Å². The number of nitrogens with zero attached hydrogens (tertiary/aromatic N) is 6. The topological polar surface area (TPSA) is 118 Å². The van der Waals surface area contributed by atoms with Crippen molar-refractivity contribution < 1.29 is 14.6 Å². The van der Waals surface area contributed by atoms with Crippen molar-refractivity contribution in [2.24, 2.45) is 7.05 Å². The number of aryl methyl sites for hydroxylation is 1. The standard InChI is InChI=1S/C27H31N7O4/c1-4-38-26(37)20-7-5-6-8-23(20)34-25(36)21-16-28-27(30-24(21)32(34)3)29-19-9-10-22(18(15-19)17-35)33-13-11-31(2)12-14-33/h5-10,15-16,35H,4,11-14,17H2,1-3H3,(H,28,29,30). The minimum atomic E-state index is -0.506. The van der Waals surface area contributed by atoms with Gasteiger partial charge in [0, 0.05) is 56.4 Å². The largest absolute Gasteiger partial charge is 0.462 e. The van der Waals surface area contributed by atoms with Gasteiger partial charge in [-0.3, -0.25) is 9.48 Å². The second-order valence-electron chi connectivity index (χ2n) is 9.23. The molecule has 0 spiro atoms. The molecule has 1 aliphatic heterocycles. The zero-order valence-corrected chi connectivity index (χ0v) is 21.7. The summed E-state index contributed by atoms with van der Waals surface area (Å²) in [6.45, 7) is 5.63. The summed E-state index contributed by atoms with van der Waals surface area (Å²) in [6, 6.07) is 12.6. The highest BCUT2D eigenvalue weighted by molar-refractivity contribution is 5.93. The molecule has 0 radical (unpaired) electrons. The molecule has 38 heavy (non-hydrogen) atoms. The highest BCUT2D eigenvalue weighted by Crippen LogP contribution is 2.27. The molecule has 2 aromatic heterocycles. The number of carbonyl (C=O) groups is 1. The molecule has 0 bridgehead atoms. The van der Waals surface area contributed by atoms with E-state index in [1.807, 2.05) is 18.2 Å². The second kappa shape index (κ2) is 10.6. The smallest absolute Gasteiger partial charge is 0.340 e.